The number of H-pyrrole nitrogens is 1. The number of aromatic nitrogens is 1. The number of carboxylic acid groups (broad SMARTS) is 1. The van der Waals surface area contributed by atoms with E-state index in [-0.39, 0.29) is 6.42 Å². The molecule has 0 unspecified atom stereocenters. The Balaban J connectivity index is 1.90. The van der Waals surface area contributed by atoms with E-state index in [2.05, 4.69) is 11.9 Å². The fourth-order valence-corrected chi connectivity index (χ4v) is 3.03. The molecule has 0 amide bonds. The number of carbonyl (C=O) groups is 1. The second-order valence-electron chi connectivity index (χ2n) is 5.92. The van der Waals surface area contributed by atoms with Crippen LogP contribution in [0.3, 0.4) is 0 Å². The number of anilines is 1. The van der Waals surface area contributed by atoms with Crippen LogP contribution in [0.4, 0.5) is 5.69 Å². The third kappa shape index (κ3) is 3.72. The number of aliphatic carboxylic acids is 1. The Labute approximate surface area is 150 Å². The fraction of sp³-hybridized carbons (Fsp3) is 0.211. The van der Waals surface area contributed by atoms with Crippen LogP contribution in [0, 0.1) is 0 Å². The van der Waals surface area contributed by atoms with Gasteiger partial charge in [-0.05, 0) is 42.3 Å². The zero-order valence-corrected chi connectivity index (χ0v) is 14.6. The summed E-state index contributed by atoms with van der Waals surface area (Å²) >= 11 is 6.21. The summed E-state index contributed by atoms with van der Waals surface area (Å²) < 4.78 is 5.86. The van der Waals surface area contributed by atoms with Gasteiger partial charge in [-0.1, -0.05) is 31.0 Å². The first kappa shape index (κ1) is 17.2. The van der Waals surface area contributed by atoms with Crippen molar-refractivity contribution in [3.63, 3.8) is 0 Å². The standard InChI is InChI=1S/C19H19ClN2O3/c1-2-3-12-10-13-15(22-12)5-7-17(19(13)21)25-16-6-4-11(8-14(16)20)9-18(23)24/h4-8,10,22H,2-3,9,21H2,1H3,(H,23,24). The van der Waals surface area contributed by atoms with Crippen molar-refractivity contribution >= 4 is 34.2 Å². The molecule has 0 saturated heterocycles. The molecule has 0 aliphatic heterocycles. The van der Waals surface area contributed by atoms with Gasteiger partial charge in [0.1, 0.15) is 5.75 Å². The molecule has 5 nitrogen and oxygen atoms in total. The van der Waals surface area contributed by atoms with Crippen LogP contribution in [0.1, 0.15) is 24.6 Å². The van der Waals surface area contributed by atoms with Crippen molar-refractivity contribution in [1.29, 1.82) is 0 Å². The van der Waals surface area contributed by atoms with Crippen molar-refractivity contribution in [3.05, 3.63) is 52.7 Å². The molecule has 1 heterocycles. The molecular weight excluding hydrogens is 340 g/mol. The lowest BCUT2D eigenvalue weighted by molar-refractivity contribution is -0.136. The Hall–Kier alpha value is -2.66. The second-order valence-corrected chi connectivity index (χ2v) is 6.33. The Bertz CT molecular complexity index is 934. The molecule has 0 aliphatic rings. The zero-order valence-electron chi connectivity index (χ0n) is 13.8. The lowest BCUT2D eigenvalue weighted by atomic mass is 10.1. The van der Waals surface area contributed by atoms with E-state index in [1.54, 1.807) is 24.3 Å². The van der Waals surface area contributed by atoms with E-state index in [4.69, 9.17) is 27.2 Å². The van der Waals surface area contributed by atoms with Gasteiger partial charge in [-0.15, -0.1) is 0 Å². The highest BCUT2D eigenvalue weighted by Crippen LogP contribution is 2.37. The predicted molar refractivity (Wildman–Crippen MR) is 99.6 cm³/mol. The number of nitrogens with one attached hydrogen (secondary N) is 1. The topological polar surface area (TPSA) is 88.3 Å². The van der Waals surface area contributed by atoms with Crippen LogP contribution >= 0.6 is 11.6 Å². The van der Waals surface area contributed by atoms with E-state index in [0.717, 1.165) is 29.4 Å². The number of fused-ring (bicyclic) bond motifs is 1. The van der Waals surface area contributed by atoms with E-state index >= 15 is 0 Å². The van der Waals surface area contributed by atoms with Crippen LogP contribution in [0.2, 0.25) is 5.02 Å². The van der Waals surface area contributed by atoms with Crippen LogP contribution in [-0.2, 0) is 17.6 Å². The number of nitrogens with two attached hydrogens (primary N) is 1. The Morgan fingerprint density at radius 3 is 2.68 bits per heavy atom. The third-order valence-electron chi connectivity index (χ3n) is 3.95. The van der Waals surface area contributed by atoms with Gasteiger partial charge in [0.05, 0.1) is 17.1 Å². The van der Waals surface area contributed by atoms with E-state index in [1.165, 1.54) is 0 Å². The average Bonchev–Trinajstić information content (AvgIpc) is 2.96. The largest absolute Gasteiger partial charge is 0.481 e. The number of hydrogen-bond donors (Lipinski definition) is 3. The molecule has 3 rings (SSSR count). The first-order chi connectivity index (χ1) is 12.0. The average molecular weight is 359 g/mol. The number of nitrogen functional groups attached to an aromatic ring is 1. The van der Waals surface area contributed by atoms with Gasteiger partial charge in [0, 0.05) is 16.6 Å². The van der Waals surface area contributed by atoms with Crippen LogP contribution in [0.15, 0.2) is 36.4 Å². The maximum absolute atomic E-state index is 10.8. The molecule has 0 aliphatic carbocycles. The van der Waals surface area contributed by atoms with E-state index in [0.29, 0.717) is 27.8 Å². The number of rotatable bonds is 6. The van der Waals surface area contributed by atoms with Crippen molar-refractivity contribution in [1.82, 2.24) is 4.98 Å². The molecule has 0 bridgehead atoms. The summed E-state index contributed by atoms with van der Waals surface area (Å²) in [6, 6.07) is 10.7. The number of benzene rings is 2. The van der Waals surface area contributed by atoms with E-state index < -0.39 is 5.97 Å². The first-order valence-corrected chi connectivity index (χ1v) is 8.44. The molecular formula is C19H19ClN2O3. The van der Waals surface area contributed by atoms with Gasteiger partial charge in [0.25, 0.3) is 0 Å². The Morgan fingerprint density at radius 2 is 2.00 bits per heavy atom. The highest BCUT2D eigenvalue weighted by Gasteiger charge is 2.12. The van der Waals surface area contributed by atoms with Crippen molar-refractivity contribution in [2.75, 3.05) is 5.73 Å². The van der Waals surface area contributed by atoms with Gasteiger partial charge in [0.15, 0.2) is 5.75 Å². The summed E-state index contributed by atoms with van der Waals surface area (Å²) in [7, 11) is 0. The number of carboxylic acids is 1. The minimum atomic E-state index is -0.908. The number of aromatic amines is 1. The summed E-state index contributed by atoms with van der Waals surface area (Å²) in [6.07, 6.45) is 1.92. The highest BCUT2D eigenvalue weighted by molar-refractivity contribution is 6.32. The summed E-state index contributed by atoms with van der Waals surface area (Å²) in [5.41, 5.74) is 9.52. The van der Waals surface area contributed by atoms with Crippen LogP contribution in [0.25, 0.3) is 10.9 Å². The monoisotopic (exact) mass is 358 g/mol. The molecule has 1 aromatic heterocycles. The summed E-state index contributed by atoms with van der Waals surface area (Å²) in [6.45, 7) is 2.12. The molecule has 2 aromatic carbocycles. The number of aryl methyl sites for hydroxylation is 1. The minimum Gasteiger partial charge on any atom is -0.481 e. The molecule has 6 heteroatoms. The molecule has 0 fully saturated rings. The fourth-order valence-electron chi connectivity index (χ4n) is 2.79. The molecule has 0 saturated carbocycles. The van der Waals surface area contributed by atoms with Crippen molar-refractivity contribution in [2.45, 2.75) is 26.2 Å². The predicted octanol–water partition coefficient (Wildman–Crippen LogP) is 4.78. The van der Waals surface area contributed by atoms with Crippen molar-refractivity contribution in [2.24, 2.45) is 0 Å². The van der Waals surface area contributed by atoms with E-state index in [9.17, 15) is 4.79 Å². The second kappa shape index (κ2) is 7.07. The Kier molecular flexibility index (Phi) is 4.86. The third-order valence-corrected chi connectivity index (χ3v) is 4.25. The molecule has 3 aromatic rings. The van der Waals surface area contributed by atoms with Crippen molar-refractivity contribution < 1.29 is 14.6 Å². The van der Waals surface area contributed by atoms with Gasteiger partial charge in [-0.3, -0.25) is 4.79 Å². The number of hydrogen-bond acceptors (Lipinski definition) is 3. The van der Waals surface area contributed by atoms with Gasteiger partial charge < -0.3 is 20.6 Å². The zero-order chi connectivity index (χ0) is 18.0. The number of ether oxygens (including phenoxy) is 1. The molecule has 25 heavy (non-hydrogen) atoms. The first-order valence-electron chi connectivity index (χ1n) is 8.06. The quantitative estimate of drug-likeness (QED) is 0.553. The van der Waals surface area contributed by atoms with Crippen LogP contribution in [-0.4, -0.2) is 16.1 Å². The van der Waals surface area contributed by atoms with Gasteiger partial charge >= 0.3 is 5.97 Å². The maximum atomic E-state index is 10.8. The highest BCUT2D eigenvalue weighted by atomic mass is 35.5. The lowest BCUT2D eigenvalue weighted by Gasteiger charge is -2.11. The maximum Gasteiger partial charge on any atom is 0.307 e. The molecule has 0 atom stereocenters. The summed E-state index contributed by atoms with van der Waals surface area (Å²) in [5.74, 6) is 0.0448. The summed E-state index contributed by atoms with van der Waals surface area (Å²) in [4.78, 5) is 14.1. The lowest BCUT2D eigenvalue weighted by Crippen LogP contribution is -2.00. The normalized spacial score (nSPS) is 11.0. The smallest absolute Gasteiger partial charge is 0.307 e. The van der Waals surface area contributed by atoms with Gasteiger partial charge in [-0.25, -0.2) is 0 Å². The Morgan fingerprint density at radius 1 is 1.24 bits per heavy atom. The van der Waals surface area contributed by atoms with Crippen molar-refractivity contribution in [3.8, 4) is 11.5 Å². The minimum absolute atomic E-state index is 0.0857. The SMILES string of the molecule is CCCc1cc2c(N)c(Oc3ccc(CC(=O)O)cc3Cl)ccc2[nH]1. The number of halogens is 1. The van der Waals surface area contributed by atoms with Crippen LogP contribution in [0.5, 0.6) is 11.5 Å². The molecule has 4 N–H and O–H groups in total. The van der Waals surface area contributed by atoms with Gasteiger partial charge in [0.2, 0.25) is 0 Å². The molecule has 130 valence electrons. The summed E-state index contributed by atoms with van der Waals surface area (Å²) in [5, 5.41) is 10.1. The molecule has 0 spiro atoms. The van der Waals surface area contributed by atoms with E-state index in [1.807, 2.05) is 12.1 Å². The van der Waals surface area contributed by atoms with Crippen LogP contribution < -0.4 is 10.5 Å². The van der Waals surface area contributed by atoms with Gasteiger partial charge in [-0.2, -0.15) is 0 Å². The molecule has 0 radical (unpaired) electrons.